The van der Waals surface area contributed by atoms with E-state index in [0.29, 0.717) is 6.54 Å². The third kappa shape index (κ3) is 4.90. The Morgan fingerprint density at radius 1 is 1.39 bits per heavy atom. The molecule has 1 rings (SSSR count). The SMILES string of the molecule is CCCCCCC(C)(C)C(=O)NCc1cnc[nH]1. The first-order valence-electron chi connectivity index (χ1n) is 6.82. The predicted molar refractivity (Wildman–Crippen MR) is 73.0 cm³/mol. The van der Waals surface area contributed by atoms with E-state index in [1.165, 1.54) is 19.3 Å². The molecule has 4 nitrogen and oxygen atoms in total. The summed E-state index contributed by atoms with van der Waals surface area (Å²) in [5.41, 5.74) is 0.651. The summed E-state index contributed by atoms with van der Waals surface area (Å²) in [5, 5.41) is 2.96. The van der Waals surface area contributed by atoms with Crippen LogP contribution in [0, 0.1) is 5.41 Å². The maximum Gasteiger partial charge on any atom is 0.225 e. The van der Waals surface area contributed by atoms with E-state index in [2.05, 4.69) is 22.2 Å². The van der Waals surface area contributed by atoms with Crippen LogP contribution in [0.4, 0.5) is 0 Å². The number of aromatic nitrogens is 2. The van der Waals surface area contributed by atoms with Crippen molar-refractivity contribution in [2.75, 3.05) is 0 Å². The minimum atomic E-state index is -0.284. The van der Waals surface area contributed by atoms with Gasteiger partial charge in [0.1, 0.15) is 0 Å². The van der Waals surface area contributed by atoms with Crippen molar-refractivity contribution in [3.05, 3.63) is 18.2 Å². The van der Waals surface area contributed by atoms with Gasteiger partial charge >= 0.3 is 0 Å². The fraction of sp³-hybridized carbons (Fsp3) is 0.714. The zero-order valence-corrected chi connectivity index (χ0v) is 11.8. The van der Waals surface area contributed by atoms with Crippen molar-refractivity contribution in [3.8, 4) is 0 Å². The zero-order valence-electron chi connectivity index (χ0n) is 11.8. The Hall–Kier alpha value is -1.32. The molecule has 0 saturated carbocycles. The summed E-state index contributed by atoms with van der Waals surface area (Å²) in [5.74, 6) is 0.119. The van der Waals surface area contributed by atoms with E-state index in [4.69, 9.17) is 0 Å². The number of hydrogen-bond acceptors (Lipinski definition) is 2. The van der Waals surface area contributed by atoms with Gasteiger partial charge in [0, 0.05) is 11.6 Å². The Balaban J connectivity index is 2.29. The van der Waals surface area contributed by atoms with Crippen LogP contribution >= 0.6 is 0 Å². The molecule has 1 amide bonds. The largest absolute Gasteiger partial charge is 0.350 e. The van der Waals surface area contributed by atoms with E-state index < -0.39 is 0 Å². The number of nitrogens with zero attached hydrogens (tertiary/aromatic N) is 1. The molecule has 0 aromatic carbocycles. The van der Waals surface area contributed by atoms with Crippen molar-refractivity contribution in [2.24, 2.45) is 5.41 Å². The molecule has 0 aliphatic heterocycles. The summed E-state index contributed by atoms with van der Waals surface area (Å²) in [7, 11) is 0. The van der Waals surface area contributed by atoms with Crippen LogP contribution in [0.15, 0.2) is 12.5 Å². The summed E-state index contributed by atoms with van der Waals surface area (Å²) < 4.78 is 0. The van der Waals surface area contributed by atoms with Gasteiger partial charge in [0.25, 0.3) is 0 Å². The molecule has 0 atom stereocenters. The monoisotopic (exact) mass is 251 g/mol. The van der Waals surface area contributed by atoms with Gasteiger partial charge < -0.3 is 10.3 Å². The molecule has 0 aliphatic rings. The number of carbonyl (C=O) groups excluding carboxylic acids is 1. The molecule has 0 bridgehead atoms. The Kier molecular flexibility index (Phi) is 5.89. The first kappa shape index (κ1) is 14.7. The molecule has 102 valence electrons. The lowest BCUT2D eigenvalue weighted by molar-refractivity contribution is -0.129. The smallest absolute Gasteiger partial charge is 0.225 e. The second-order valence-corrected chi connectivity index (χ2v) is 5.45. The average Bonchev–Trinajstić information content (AvgIpc) is 2.84. The zero-order chi connectivity index (χ0) is 13.4. The van der Waals surface area contributed by atoms with Crippen LogP contribution in [0.1, 0.15) is 58.6 Å². The number of amides is 1. The maximum atomic E-state index is 12.1. The first-order valence-corrected chi connectivity index (χ1v) is 6.82. The standard InChI is InChI=1S/C14H25N3O/c1-4-5-6-7-8-14(2,3)13(18)16-10-12-9-15-11-17-12/h9,11H,4-8,10H2,1-3H3,(H,15,17)(H,16,18). The summed E-state index contributed by atoms with van der Waals surface area (Å²) in [6.45, 7) is 6.75. The van der Waals surface area contributed by atoms with Gasteiger partial charge in [-0.25, -0.2) is 4.98 Å². The van der Waals surface area contributed by atoms with Crippen molar-refractivity contribution < 1.29 is 4.79 Å². The first-order chi connectivity index (χ1) is 8.56. The highest BCUT2D eigenvalue weighted by Gasteiger charge is 2.26. The minimum absolute atomic E-state index is 0.119. The number of nitrogens with one attached hydrogen (secondary N) is 2. The number of rotatable bonds is 8. The van der Waals surface area contributed by atoms with E-state index in [-0.39, 0.29) is 11.3 Å². The number of imidazole rings is 1. The number of unbranched alkanes of at least 4 members (excludes halogenated alkanes) is 3. The number of carbonyl (C=O) groups is 1. The molecule has 18 heavy (non-hydrogen) atoms. The quantitative estimate of drug-likeness (QED) is 0.698. The van der Waals surface area contributed by atoms with E-state index in [9.17, 15) is 4.79 Å². The van der Waals surface area contributed by atoms with Gasteiger partial charge in [-0.2, -0.15) is 0 Å². The van der Waals surface area contributed by atoms with Crippen LogP contribution in [-0.2, 0) is 11.3 Å². The van der Waals surface area contributed by atoms with Crippen LogP contribution in [0.5, 0.6) is 0 Å². The van der Waals surface area contributed by atoms with Crippen LogP contribution in [0.2, 0.25) is 0 Å². The lowest BCUT2D eigenvalue weighted by Gasteiger charge is -2.23. The lowest BCUT2D eigenvalue weighted by Crippen LogP contribution is -2.36. The predicted octanol–water partition coefficient (Wildman–Crippen LogP) is 3.02. The van der Waals surface area contributed by atoms with E-state index >= 15 is 0 Å². The molecule has 0 saturated heterocycles. The Labute approximate surface area is 110 Å². The number of hydrogen-bond donors (Lipinski definition) is 2. The van der Waals surface area contributed by atoms with Crippen LogP contribution in [0.25, 0.3) is 0 Å². The van der Waals surface area contributed by atoms with Gasteiger partial charge in [-0.05, 0) is 6.42 Å². The molecular formula is C14H25N3O. The fourth-order valence-corrected chi connectivity index (χ4v) is 1.90. The third-order valence-corrected chi connectivity index (χ3v) is 3.26. The van der Waals surface area contributed by atoms with Gasteiger partial charge in [0.05, 0.1) is 18.6 Å². The van der Waals surface area contributed by atoms with Crippen molar-refractivity contribution >= 4 is 5.91 Å². The Morgan fingerprint density at radius 2 is 2.17 bits per heavy atom. The molecule has 0 aliphatic carbocycles. The second-order valence-electron chi connectivity index (χ2n) is 5.45. The Morgan fingerprint density at radius 3 is 2.78 bits per heavy atom. The van der Waals surface area contributed by atoms with Crippen molar-refractivity contribution in [1.82, 2.24) is 15.3 Å². The minimum Gasteiger partial charge on any atom is -0.350 e. The van der Waals surface area contributed by atoms with Crippen LogP contribution in [-0.4, -0.2) is 15.9 Å². The van der Waals surface area contributed by atoms with E-state index in [1.54, 1.807) is 12.5 Å². The molecule has 2 N–H and O–H groups in total. The van der Waals surface area contributed by atoms with E-state index in [1.807, 2.05) is 13.8 Å². The Bertz CT molecular complexity index is 344. The van der Waals surface area contributed by atoms with Gasteiger partial charge in [0.15, 0.2) is 0 Å². The molecule has 1 aromatic heterocycles. The molecule has 0 radical (unpaired) electrons. The van der Waals surface area contributed by atoms with Crippen molar-refractivity contribution in [2.45, 2.75) is 59.4 Å². The van der Waals surface area contributed by atoms with Gasteiger partial charge in [-0.15, -0.1) is 0 Å². The summed E-state index contributed by atoms with van der Waals surface area (Å²) in [6, 6.07) is 0. The highest BCUT2D eigenvalue weighted by molar-refractivity contribution is 5.81. The molecule has 0 unspecified atom stereocenters. The molecule has 0 spiro atoms. The van der Waals surface area contributed by atoms with Crippen LogP contribution < -0.4 is 5.32 Å². The fourth-order valence-electron chi connectivity index (χ4n) is 1.90. The summed E-state index contributed by atoms with van der Waals surface area (Å²) in [6.07, 6.45) is 9.12. The van der Waals surface area contributed by atoms with E-state index in [0.717, 1.165) is 18.5 Å². The average molecular weight is 251 g/mol. The lowest BCUT2D eigenvalue weighted by atomic mass is 9.86. The van der Waals surface area contributed by atoms with Gasteiger partial charge in [-0.3, -0.25) is 4.79 Å². The number of aromatic amines is 1. The second kappa shape index (κ2) is 7.19. The molecular weight excluding hydrogens is 226 g/mol. The summed E-state index contributed by atoms with van der Waals surface area (Å²) >= 11 is 0. The molecule has 0 fully saturated rings. The topological polar surface area (TPSA) is 57.8 Å². The number of H-pyrrole nitrogens is 1. The molecule has 1 heterocycles. The van der Waals surface area contributed by atoms with Crippen LogP contribution in [0.3, 0.4) is 0 Å². The highest BCUT2D eigenvalue weighted by Crippen LogP contribution is 2.24. The van der Waals surface area contributed by atoms with Crippen molar-refractivity contribution in [1.29, 1.82) is 0 Å². The highest BCUT2D eigenvalue weighted by atomic mass is 16.2. The van der Waals surface area contributed by atoms with Crippen molar-refractivity contribution in [3.63, 3.8) is 0 Å². The van der Waals surface area contributed by atoms with Gasteiger partial charge in [0.2, 0.25) is 5.91 Å². The third-order valence-electron chi connectivity index (χ3n) is 3.26. The molecule has 1 aromatic rings. The normalized spacial score (nSPS) is 11.5. The molecule has 4 heteroatoms. The summed E-state index contributed by atoms with van der Waals surface area (Å²) in [4.78, 5) is 19.0. The maximum absolute atomic E-state index is 12.1. The van der Waals surface area contributed by atoms with Gasteiger partial charge in [-0.1, -0.05) is 46.5 Å².